The highest BCUT2D eigenvalue weighted by Crippen LogP contribution is 2.05. The molecular formula is C6H14N2S. The lowest BCUT2D eigenvalue weighted by Crippen LogP contribution is -2.57. The summed E-state index contributed by atoms with van der Waals surface area (Å²) in [6.45, 7) is 3.55. The third-order valence-corrected chi connectivity index (χ3v) is 1.98. The quantitative estimate of drug-likeness (QED) is 0.537. The van der Waals surface area contributed by atoms with Gasteiger partial charge in [-0.15, -0.1) is 0 Å². The molecule has 1 rings (SSSR count). The Morgan fingerprint density at radius 3 is 2.78 bits per heavy atom. The van der Waals surface area contributed by atoms with E-state index in [1.54, 1.807) is 0 Å². The summed E-state index contributed by atoms with van der Waals surface area (Å²) in [7, 11) is 2.02. The minimum atomic E-state index is 0.741. The third kappa shape index (κ3) is 1.85. The van der Waals surface area contributed by atoms with Crippen molar-refractivity contribution >= 4 is 12.6 Å². The van der Waals surface area contributed by atoms with E-state index in [4.69, 9.17) is 0 Å². The van der Waals surface area contributed by atoms with Crippen LogP contribution in [0.2, 0.25) is 0 Å². The molecule has 3 heteroatoms. The Labute approximate surface area is 62.0 Å². The fourth-order valence-corrected chi connectivity index (χ4v) is 1.36. The molecule has 0 amide bonds. The number of likely N-dealkylation sites (tertiary alicyclic amines) is 1. The monoisotopic (exact) mass is 146 g/mol. The molecule has 0 radical (unpaired) electrons. The number of nitrogens with one attached hydrogen (secondary N) is 1. The molecule has 0 aliphatic carbocycles. The van der Waals surface area contributed by atoms with E-state index < -0.39 is 0 Å². The summed E-state index contributed by atoms with van der Waals surface area (Å²) in [5.74, 6) is 0.983. The number of rotatable bonds is 3. The van der Waals surface area contributed by atoms with Crippen molar-refractivity contribution in [3.63, 3.8) is 0 Å². The van der Waals surface area contributed by atoms with Crippen LogP contribution in [-0.4, -0.2) is 43.4 Å². The van der Waals surface area contributed by atoms with Crippen molar-refractivity contribution in [2.45, 2.75) is 6.04 Å². The van der Waals surface area contributed by atoms with E-state index >= 15 is 0 Å². The van der Waals surface area contributed by atoms with Crippen molar-refractivity contribution in [1.29, 1.82) is 0 Å². The van der Waals surface area contributed by atoms with E-state index in [-0.39, 0.29) is 0 Å². The second-order valence-corrected chi connectivity index (χ2v) is 2.92. The fourth-order valence-electron chi connectivity index (χ4n) is 1.08. The lowest BCUT2D eigenvalue weighted by molar-refractivity contribution is 0.141. The van der Waals surface area contributed by atoms with Crippen molar-refractivity contribution in [1.82, 2.24) is 10.2 Å². The van der Waals surface area contributed by atoms with E-state index in [1.807, 2.05) is 7.05 Å². The molecule has 1 heterocycles. The van der Waals surface area contributed by atoms with Gasteiger partial charge in [-0.3, -0.25) is 4.90 Å². The standard InChI is InChI=1S/C6H14N2S/c1-7-6-4-8(5-6)2-3-9/h6-7,9H,2-5H2,1H3. The van der Waals surface area contributed by atoms with Gasteiger partial charge in [0.15, 0.2) is 0 Å². The molecule has 1 aliphatic rings. The Bertz CT molecular complexity index is 81.1. The molecule has 1 aliphatic heterocycles. The third-order valence-electron chi connectivity index (χ3n) is 1.78. The van der Waals surface area contributed by atoms with Crippen molar-refractivity contribution in [3.05, 3.63) is 0 Å². The lowest BCUT2D eigenvalue weighted by atomic mass is 10.1. The van der Waals surface area contributed by atoms with Gasteiger partial charge >= 0.3 is 0 Å². The van der Waals surface area contributed by atoms with Gasteiger partial charge in [0.25, 0.3) is 0 Å². The first-order chi connectivity index (χ1) is 4.36. The van der Waals surface area contributed by atoms with Crippen LogP contribution in [0.3, 0.4) is 0 Å². The molecule has 9 heavy (non-hydrogen) atoms. The molecule has 0 aromatic heterocycles. The number of nitrogens with zero attached hydrogens (tertiary/aromatic N) is 1. The van der Waals surface area contributed by atoms with Crippen LogP contribution in [0.25, 0.3) is 0 Å². The first kappa shape index (κ1) is 7.38. The molecule has 0 unspecified atom stereocenters. The molecular weight excluding hydrogens is 132 g/mol. The summed E-state index contributed by atoms with van der Waals surface area (Å²) in [6.07, 6.45) is 0. The van der Waals surface area contributed by atoms with E-state index in [9.17, 15) is 0 Å². The van der Waals surface area contributed by atoms with Crippen molar-refractivity contribution in [3.8, 4) is 0 Å². The number of hydrogen-bond acceptors (Lipinski definition) is 3. The van der Waals surface area contributed by atoms with E-state index in [2.05, 4.69) is 22.8 Å². The largest absolute Gasteiger partial charge is 0.315 e. The lowest BCUT2D eigenvalue weighted by Gasteiger charge is -2.38. The van der Waals surface area contributed by atoms with Gasteiger partial charge in [-0.05, 0) is 7.05 Å². The highest BCUT2D eigenvalue weighted by Gasteiger charge is 2.23. The predicted octanol–water partition coefficient (Wildman–Crippen LogP) is -0.180. The molecule has 0 aromatic rings. The van der Waals surface area contributed by atoms with Gasteiger partial charge in [0, 0.05) is 31.4 Å². The first-order valence-electron chi connectivity index (χ1n) is 3.37. The maximum atomic E-state index is 4.14. The maximum absolute atomic E-state index is 4.14. The second kappa shape index (κ2) is 3.44. The predicted molar refractivity (Wildman–Crippen MR) is 43.1 cm³/mol. The summed E-state index contributed by atoms with van der Waals surface area (Å²) in [5, 5.41) is 3.22. The average Bonchev–Trinajstić information content (AvgIpc) is 1.77. The van der Waals surface area contributed by atoms with Crippen LogP contribution >= 0.6 is 12.6 Å². The van der Waals surface area contributed by atoms with Crippen molar-refractivity contribution in [2.24, 2.45) is 0 Å². The van der Waals surface area contributed by atoms with Crippen LogP contribution in [0.5, 0.6) is 0 Å². The van der Waals surface area contributed by atoms with Gasteiger partial charge < -0.3 is 5.32 Å². The molecule has 1 N–H and O–H groups in total. The van der Waals surface area contributed by atoms with Crippen LogP contribution in [0.15, 0.2) is 0 Å². The van der Waals surface area contributed by atoms with Gasteiger partial charge in [-0.2, -0.15) is 12.6 Å². The van der Waals surface area contributed by atoms with E-state index in [0.29, 0.717) is 0 Å². The minimum Gasteiger partial charge on any atom is -0.315 e. The number of likely N-dealkylation sites (N-methyl/N-ethyl adjacent to an activating group) is 1. The van der Waals surface area contributed by atoms with Crippen LogP contribution < -0.4 is 5.32 Å². The summed E-state index contributed by atoms with van der Waals surface area (Å²) < 4.78 is 0. The van der Waals surface area contributed by atoms with Crippen LogP contribution in [-0.2, 0) is 0 Å². The SMILES string of the molecule is CNC1CN(CCS)C1. The zero-order valence-corrected chi connectivity index (χ0v) is 6.69. The Morgan fingerprint density at radius 2 is 2.33 bits per heavy atom. The topological polar surface area (TPSA) is 15.3 Å². The molecule has 2 nitrogen and oxygen atoms in total. The van der Waals surface area contributed by atoms with Crippen LogP contribution in [0, 0.1) is 0 Å². The molecule has 0 saturated carbocycles. The zero-order chi connectivity index (χ0) is 6.69. The van der Waals surface area contributed by atoms with Gasteiger partial charge in [0.1, 0.15) is 0 Å². The summed E-state index contributed by atoms with van der Waals surface area (Å²) in [4.78, 5) is 2.40. The molecule has 0 aromatic carbocycles. The maximum Gasteiger partial charge on any atom is 0.0320 e. The smallest absolute Gasteiger partial charge is 0.0320 e. The first-order valence-corrected chi connectivity index (χ1v) is 4.00. The Kier molecular flexibility index (Phi) is 2.82. The molecule has 0 atom stereocenters. The highest BCUT2D eigenvalue weighted by atomic mass is 32.1. The molecule has 54 valence electrons. The molecule has 1 fully saturated rings. The molecule has 0 spiro atoms. The van der Waals surface area contributed by atoms with Crippen LogP contribution in [0.1, 0.15) is 0 Å². The summed E-state index contributed by atoms with van der Waals surface area (Å²) in [5.41, 5.74) is 0. The molecule has 1 saturated heterocycles. The van der Waals surface area contributed by atoms with Gasteiger partial charge in [-0.25, -0.2) is 0 Å². The van der Waals surface area contributed by atoms with Gasteiger partial charge in [0.05, 0.1) is 0 Å². The fraction of sp³-hybridized carbons (Fsp3) is 1.00. The van der Waals surface area contributed by atoms with Crippen molar-refractivity contribution in [2.75, 3.05) is 32.4 Å². The Morgan fingerprint density at radius 1 is 1.67 bits per heavy atom. The number of thiol groups is 1. The van der Waals surface area contributed by atoms with Crippen molar-refractivity contribution < 1.29 is 0 Å². The van der Waals surface area contributed by atoms with Gasteiger partial charge in [-0.1, -0.05) is 0 Å². The van der Waals surface area contributed by atoms with E-state index in [0.717, 1.165) is 18.3 Å². The second-order valence-electron chi connectivity index (χ2n) is 2.47. The Hall–Kier alpha value is 0.270. The zero-order valence-electron chi connectivity index (χ0n) is 5.80. The molecule has 0 bridgehead atoms. The van der Waals surface area contributed by atoms with Crippen LogP contribution in [0.4, 0.5) is 0 Å². The normalized spacial score (nSPS) is 22.0. The summed E-state index contributed by atoms with van der Waals surface area (Å²) >= 11 is 4.14. The minimum absolute atomic E-state index is 0.741. The van der Waals surface area contributed by atoms with E-state index in [1.165, 1.54) is 13.1 Å². The highest BCUT2D eigenvalue weighted by molar-refractivity contribution is 7.80. The number of hydrogen-bond donors (Lipinski definition) is 2. The van der Waals surface area contributed by atoms with Gasteiger partial charge in [0.2, 0.25) is 0 Å². The average molecular weight is 146 g/mol. The summed E-state index contributed by atoms with van der Waals surface area (Å²) in [6, 6.07) is 0.741. The Balaban J connectivity index is 1.98.